The molecular weight excluding hydrogens is 224 g/mol. The van der Waals surface area contributed by atoms with Crippen LogP contribution in [-0.4, -0.2) is 5.91 Å². The molecule has 0 bridgehead atoms. The minimum atomic E-state index is -0.0569. The third-order valence-electron chi connectivity index (χ3n) is 2.71. The van der Waals surface area contributed by atoms with E-state index in [4.69, 9.17) is 5.73 Å². The number of hydrogen-bond acceptors (Lipinski definition) is 2. The molecule has 3 N–H and O–H groups in total. The lowest BCUT2D eigenvalue weighted by Gasteiger charge is -2.08. The summed E-state index contributed by atoms with van der Waals surface area (Å²) in [5.74, 6) is -0.0569. The third-order valence-corrected chi connectivity index (χ3v) is 2.71. The lowest BCUT2D eigenvalue weighted by atomic mass is 10.1. The topological polar surface area (TPSA) is 55.1 Å². The van der Waals surface area contributed by atoms with Gasteiger partial charge in [0.25, 0.3) is 0 Å². The summed E-state index contributed by atoms with van der Waals surface area (Å²) in [5.41, 5.74) is 9.27. The van der Waals surface area contributed by atoms with Crippen LogP contribution in [0.5, 0.6) is 0 Å². The van der Waals surface area contributed by atoms with Gasteiger partial charge in [-0.3, -0.25) is 4.79 Å². The molecule has 3 heteroatoms. The Morgan fingerprint density at radius 3 is 2.61 bits per heavy atom. The fourth-order valence-corrected chi connectivity index (χ4v) is 1.79. The Labute approximate surface area is 107 Å². The van der Waals surface area contributed by atoms with Crippen LogP contribution in [0.15, 0.2) is 48.5 Å². The van der Waals surface area contributed by atoms with Gasteiger partial charge in [0, 0.05) is 11.4 Å². The molecule has 2 aromatic carbocycles. The second kappa shape index (κ2) is 5.36. The molecule has 0 aliphatic heterocycles. The molecule has 0 saturated carbocycles. The Morgan fingerprint density at radius 1 is 1.17 bits per heavy atom. The van der Waals surface area contributed by atoms with E-state index in [9.17, 15) is 4.79 Å². The highest BCUT2D eigenvalue weighted by Crippen LogP contribution is 2.15. The van der Waals surface area contributed by atoms with Gasteiger partial charge in [0.1, 0.15) is 0 Å². The number of aryl methyl sites for hydroxylation is 1. The van der Waals surface area contributed by atoms with Crippen LogP contribution in [0.25, 0.3) is 0 Å². The maximum absolute atomic E-state index is 11.9. The van der Waals surface area contributed by atoms with Gasteiger partial charge in [0.15, 0.2) is 0 Å². The fourth-order valence-electron chi connectivity index (χ4n) is 1.79. The molecule has 0 aliphatic carbocycles. The summed E-state index contributed by atoms with van der Waals surface area (Å²) < 4.78 is 0. The molecule has 18 heavy (non-hydrogen) atoms. The largest absolute Gasteiger partial charge is 0.398 e. The number of nitrogens with two attached hydrogens (primary N) is 1. The molecule has 1 amide bonds. The average molecular weight is 240 g/mol. The van der Waals surface area contributed by atoms with E-state index in [1.807, 2.05) is 55.5 Å². The molecule has 0 radical (unpaired) electrons. The fraction of sp³-hybridized carbons (Fsp3) is 0.133. The lowest BCUT2D eigenvalue weighted by molar-refractivity contribution is -0.115. The van der Waals surface area contributed by atoms with E-state index >= 15 is 0 Å². The van der Waals surface area contributed by atoms with Crippen molar-refractivity contribution in [1.82, 2.24) is 0 Å². The number of carbonyl (C=O) groups excluding carboxylic acids is 1. The number of anilines is 2. The highest BCUT2D eigenvalue weighted by atomic mass is 16.1. The standard InChI is InChI=1S/C15H16N2O/c1-11-7-8-14(16)12(9-11)10-15(18)17-13-5-3-2-4-6-13/h2-9H,10,16H2,1H3,(H,17,18). The zero-order chi connectivity index (χ0) is 13.0. The number of rotatable bonds is 3. The van der Waals surface area contributed by atoms with E-state index in [1.54, 1.807) is 0 Å². The summed E-state index contributed by atoms with van der Waals surface area (Å²) in [4.78, 5) is 11.9. The quantitative estimate of drug-likeness (QED) is 0.810. The number of hydrogen-bond donors (Lipinski definition) is 2. The predicted molar refractivity (Wildman–Crippen MR) is 74.4 cm³/mol. The van der Waals surface area contributed by atoms with Gasteiger partial charge in [-0.2, -0.15) is 0 Å². The molecule has 0 spiro atoms. The molecule has 0 aromatic heterocycles. The minimum Gasteiger partial charge on any atom is -0.398 e. The maximum Gasteiger partial charge on any atom is 0.228 e. The van der Waals surface area contributed by atoms with E-state index in [0.29, 0.717) is 12.1 Å². The van der Waals surface area contributed by atoms with Gasteiger partial charge >= 0.3 is 0 Å². The number of para-hydroxylation sites is 1. The Kier molecular flexibility index (Phi) is 3.63. The second-order valence-electron chi connectivity index (χ2n) is 4.29. The Bertz CT molecular complexity index is 550. The van der Waals surface area contributed by atoms with Crippen molar-refractivity contribution in [3.63, 3.8) is 0 Å². The first kappa shape index (κ1) is 12.2. The van der Waals surface area contributed by atoms with Gasteiger partial charge < -0.3 is 11.1 Å². The van der Waals surface area contributed by atoms with Crippen LogP contribution in [0.4, 0.5) is 11.4 Å². The molecule has 0 saturated heterocycles. The van der Waals surface area contributed by atoms with Crippen molar-refractivity contribution in [3.05, 3.63) is 59.7 Å². The van der Waals surface area contributed by atoms with Crippen molar-refractivity contribution in [1.29, 1.82) is 0 Å². The van der Waals surface area contributed by atoms with Crippen LogP contribution in [0, 0.1) is 6.92 Å². The Balaban J connectivity index is 2.05. The van der Waals surface area contributed by atoms with E-state index in [2.05, 4.69) is 5.32 Å². The van der Waals surface area contributed by atoms with Crippen LogP contribution in [0.2, 0.25) is 0 Å². The van der Waals surface area contributed by atoms with Crippen molar-refractivity contribution in [3.8, 4) is 0 Å². The van der Waals surface area contributed by atoms with Crippen molar-refractivity contribution < 1.29 is 4.79 Å². The monoisotopic (exact) mass is 240 g/mol. The van der Waals surface area contributed by atoms with Gasteiger partial charge in [-0.1, -0.05) is 35.9 Å². The van der Waals surface area contributed by atoms with E-state index in [0.717, 1.165) is 16.8 Å². The number of nitrogens with one attached hydrogen (secondary N) is 1. The third kappa shape index (κ3) is 3.10. The first-order chi connectivity index (χ1) is 8.65. The highest BCUT2D eigenvalue weighted by molar-refractivity contribution is 5.92. The maximum atomic E-state index is 11.9. The predicted octanol–water partition coefficient (Wildman–Crippen LogP) is 2.76. The zero-order valence-corrected chi connectivity index (χ0v) is 10.3. The van der Waals surface area contributed by atoms with Crippen molar-refractivity contribution >= 4 is 17.3 Å². The SMILES string of the molecule is Cc1ccc(N)c(CC(=O)Nc2ccccc2)c1. The lowest BCUT2D eigenvalue weighted by Crippen LogP contribution is -2.15. The highest BCUT2D eigenvalue weighted by Gasteiger charge is 2.07. The van der Waals surface area contributed by atoms with Gasteiger partial charge in [0.2, 0.25) is 5.91 Å². The van der Waals surface area contributed by atoms with Gasteiger partial charge in [0.05, 0.1) is 6.42 Å². The average Bonchev–Trinajstić information content (AvgIpc) is 2.35. The van der Waals surface area contributed by atoms with Gasteiger partial charge in [-0.05, 0) is 30.7 Å². The molecule has 0 unspecified atom stereocenters. The number of amides is 1. The normalized spacial score (nSPS) is 10.1. The molecule has 0 heterocycles. The number of nitrogen functional groups attached to an aromatic ring is 1. The molecule has 3 nitrogen and oxygen atoms in total. The van der Waals surface area contributed by atoms with Crippen LogP contribution in [0.1, 0.15) is 11.1 Å². The number of carbonyl (C=O) groups is 1. The van der Waals surface area contributed by atoms with Crippen LogP contribution >= 0.6 is 0 Å². The summed E-state index contributed by atoms with van der Waals surface area (Å²) in [6.45, 7) is 1.98. The van der Waals surface area contributed by atoms with Crippen LogP contribution < -0.4 is 11.1 Å². The molecular formula is C15H16N2O. The van der Waals surface area contributed by atoms with Crippen molar-refractivity contribution in [2.45, 2.75) is 13.3 Å². The smallest absolute Gasteiger partial charge is 0.228 e. The minimum absolute atomic E-state index is 0.0569. The summed E-state index contributed by atoms with van der Waals surface area (Å²) in [7, 11) is 0. The Hall–Kier alpha value is -2.29. The number of benzene rings is 2. The summed E-state index contributed by atoms with van der Waals surface area (Å²) in [5, 5.41) is 2.84. The van der Waals surface area contributed by atoms with Crippen LogP contribution in [-0.2, 0) is 11.2 Å². The molecule has 92 valence electrons. The molecule has 0 fully saturated rings. The molecule has 2 rings (SSSR count). The first-order valence-electron chi connectivity index (χ1n) is 5.85. The van der Waals surface area contributed by atoms with Crippen LogP contribution in [0.3, 0.4) is 0 Å². The summed E-state index contributed by atoms with van der Waals surface area (Å²) in [6.07, 6.45) is 0.294. The molecule has 2 aromatic rings. The zero-order valence-electron chi connectivity index (χ0n) is 10.3. The summed E-state index contributed by atoms with van der Waals surface area (Å²) in [6, 6.07) is 15.1. The van der Waals surface area contributed by atoms with Crippen molar-refractivity contribution in [2.24, 2.45) is 0 Å². The van der Waals surface area contributed by atoms with E-state index < -0.39 is 0 Å². The van der Waals surface area contributed by atoms with Gasteiger partial charge in [-0.15, -0.1) is 0 Å². The van der Waals surface area contributed by atoms with Gasteiger partial charge in [-0.25, -0.2) is 0 Å². The van der Waals surface area contributed by atoms with Crippen molar-refractivity contribution in [2.75, 3.05) is 11.1 Å². The second-order valence-corrected chi connectivity index (χ2v) is 4.29. The van der Waals surface area contributed by atoms with E-state index in [-0.39, 0.29) is 5.91 Å². The molecule has 0 atom stereocenters. The first-order valence-corrected chi connectivity index (χ1v) is 5.85. The van der Waals surface area contributed by atoms with E-state index in [1.165, 1.54) is 0 Å². The summed E-state index contributed by atoms with van der Waals surface area (Å²) >= 11 is 0. The molecule has 0 aliphatic rings. The Morgan fingerprint density at radius 2 is 1.89 bits per heavy atom.